The van der Waals surface area contributed by atoms with Crippen LogP contribution in [0.1, 0.15) is 64.5 Å². The monoisotopic (exact) mass is 667 g/mol. The number of benzene rings is 2. The SMILES string of the molecule is CC(NC(=O)CCC(NC(=O)OC(C)(C)C)C(=O)N1CCCC1C#N)P(=O)(O)CC(Cc1ccccc1)C(=O)NCc1ccccc1. The molecule has 47 heavy (non-hydrogen) atoms. The molecule has 1 saturated heterocycles. The fourth-order valence-corrected chi connectivity index (χ4v) is 6.88. The number of amides is 4. The van der Waals surface area contributed by atoms with Crippen molar-refractivity contribution >= 4 is 31.2 Å². The molecule has 4 N–H and O–H groups in total. The number of carbonyl (C=O) groups excluding carboxylic acids is 4. The van der Waals surface area contributed by atoms with Gasteiger partial charge in [-0.05, 0) is 64.5 Å². The molecule has 0 saturated carbocycles. The Morgan fingerprint density at radius 3 is 2.26 bits per heavy atom. The number of hydrogen-bond donors (Lipinski definition) is 4. The predicted molar refractivity (Wildman–Crippen MR) is 177 cm³/mol. The van der Waals surface area contributed by atoms with E-state index < -0.39 is 54.7 Å². The number of nitrogens with zero attached hydrogens (tertiary/aromatic N) is 2. The van der Waals surface area contributed by atoms with Gasteiger partial charge in [-0.25, -0.2) is 4.79 Å². The quantitative estimate of drug-likeness (QED) is 0.218. The van der Waals surface area contributed by atoms with E-state index >= 15 is 0 Å². The Labute approximate surface area is 276 Å². The predicted octanol–water partition coefficient (Wildman–Crippen LogP) is 4.08. The maximum atomic E-state index is 13.6. The Morgan fingerprint density at radius 1 is 1.04 bits per heavy atom. The first-order valence-electron chi connectivity index (χ1n) is 15.8. The van der Waals surface area contributed by atoms with Crippen molar-refractivity contribution in [3.05, 3.63) is 71.8 Å². The van der Waals surface area contributed by atoms with Gasteiger partial charge in [-0.15, -0.1) is 0 Å². The van der Waals surface area contributed by atoms with Crippen LogP contribution in [0.5, 0.6) is 0 Å². The summed E-state index contributed by atoms with van der Waals surface area (Å²) < 4.78 is 18.9. The summed E-state index contributed by atoms with van der Waals surface area (Å²) in [7, 11) is -4.12. The first-order chi connectivity index (χ1) is 22.2. The highest BCUT2D eigenvalue weighted by Crippen LogP contribution is 2.47. The lowest BCUT2D eigenvalue weighted by atomic mass is 10.00. The van der Waals surface area contributed by atoms with Crippen molar-refractivity contribution in [3.8, 4) is 6.07 Å². The van der Waals surface area contributed by atoms with Crippen LogP contribution in [0.25, 0.3) is 0 Å². The molecule has 0 bridgehead atoms. The Hall–Kier alpha value is -4.20. The molecule has 3 rings (SSSR count). The van der Waals surface area contributed by atoms with Crippen molar-refractivity contribution in [1.82, 2.24) is 20.9 Å². The Bertz CT molecular complexity index is 1460. The van der Waals surface area contributed by atoms with Gasteiger partial charge in [0.25, 0.3) is 0 Å². The van der Waals surface area contributed by atoms with Gasteiger partial charge in [0.1, 0.15) is 23.5 Å². The topological polar surface area (TPSA) is 178 Å². The van der Waals surface area contributed by atoms with Gasteiger partial charge < -0.3 is 30.5 Å². The largest absolute Gasteiger partial charge is 0.444 e. The Morgan fingerprint density at radius 2 is 1.66 bits per heavy atom. The van der Waals surface area contributed by atoms with Crippen molar-refractivity contribution in [3.63, 3.8) is 0 Å². The fraction of sp³-hybridized carbons (Fsp3) is 0.500. The first-order valence-corrected chi connectivity index (χ1v) is 17.8. The zero-order valence-corrected chi connectivity index (χ0v) is 28.4. The molecule has 0 aliphatic carbocycles. The molecule has 0 spiro atoms. The van der Waals surface area contributed by atoms with E-state index in [4.69, 9.17) is 4.74 Å². The second kappa shape index (κ2) is 17.1. The van der Waals surface area contributed by atoms with Crippen molar-refractivity contribution in [2.24, 2.45) is 5.92 Å². The van der Waals surface area contributed by atoms with Gasteiger partial charge >= 0.3 is 6.09 Å². The van der Waals surface area contributed by atoms with Crippen LogP contribution >= 0.6 is 7.37 Å². The molecule has 5 unspecified atom stereocenters. The summed E-state index contributed by atoms with van der Waals surface area (Å²) in [5, 5.41) is 17.4. The maximum absolute atomic E-state index is 13.6. The summed E-state index contributed by atoms with van der Waals surface area (Å²) in [5.74, 6) is -3.52. The van der Waals surface area contributed by atoms with Crippen LogP contribution in [0.4, 0.5) is 4.79 Å². The summed E-state index contributed by atoms with van der Waals surface area (Å²) in [6, 6.07) is 18.8. The Balaban J connectivity index is 1.66. The molecule has 1 fully saturated rings. The number of ether oxygens (including phenoxy) is 1. The lowest BCUT2D eigenvalue weighted by Gasteiger charge is -2.28. The average molecular weight is 668 g/mol. The van der Waals surface area contributed by atoms with Gasteiger partial charge in [-0.1, -0.05) is 60.7 Å². The number of likely N-dealkylation sites (tertiary alicyclic amines) is 1. The van der Waals surface area contributed by atoms with Crippen molar-refractivity contribution in [2.45, 2.75) is 89.8 Å². The van der Waals surface area contributed by atoms with Crippen LogP contribution in [-0.2, 0) is 36.7 Å². The Kier molecular flexibility index (Phi) is 13.6. The molecule has 1 aliphatic rings. The van der Waals surface area contributed by atoms with Gasteiger partial charge in [0.05, 0.1) is 12.0 Å². The van der Waals surface area contributed by atoms with Crippen LogP contribution in [0, 0.1) is 17.2 Å². The van der Waals surface area contributed by atoms with E-state index in [1.807, 2.05) is 60.7 Å². The summed E-state index contributed by atoms with van der Waals surface area (Å²) in [5.41, 5.74) is 0.888. The van der Waals surface area contributed by atoms with Gasteiger partial charge in [-0.3, -0.25) is 18.9 Å². The highest BCUT2D eigenvalue weighted by molar-refractivity contribution is 7.58. The zero-order valence-electron chi connectivity index (χ0n) is 27.5. The van der Waals surface area contributed by atoms with Gasteiger partial charge in [0.2, 0.25) is 25.1 Å². The van der Waals surface area contributed by atoms with E-state index in [0.717, 1.165) is 11.1 Å². The van der Waals surface area contributed by atoms with Gasteiger partial charge in [0, 0.05) is 25.7 Å². The normalized spacial score (nSPS) is 17.7. The van der Waals surface area contributed by atoms with Crippen LogP contribution in [-0.4, -0.2) is 69.8 Å². The van der Waals surface area contributed by atoms with E-state index in [1.165, 1.54) is 11.8 Å². The third-order valence-corrected chi connectivity index (χ3v) is 10.1. The minimum absolute atomic E-state index is 0.125. The smallest absolute Gasteiger partial charge is 0.408 e. The zero-order chi connectivity index (χ0) is 34.6. The molecule has 0 aromatic heterocycles. The summed E-state index contributed by atoms with van der Waals surface area (Å²) >= 11 is 0. The van der Waals surface area contributed by atoms with Crippen molar-refractivity contribution in [1.29, 1.82) is 5.26 Å². The molecule has 1 heterocycles. The molecule has 2 aromatic rings. The number of rotatable bonds is 14. The molecule has 12 nitrogen and oxygen atoms in total. The van der Waals surface area contributed by atoms with E-state index in [2.05, 4.69) is 22.0 Å². The minimum Gasteiger partial charge on any atom is -0.444 e. The molecular weight excluding hydrogens is 621 g/mol. The second-order valence-electron chi connectivity index (χ2n) is 12.8. The fourth-order valence-electron chi connectivity index (χ4n) is 5.30. The second-order valence-corrected chi connectivity index (χ2v) is 15.5. The third-order valence-electron chi connectivity index (χ3n) is 7.80. The molecule has 1 aliphatic heterocycles. The standard InChI is InChI=1S/C34H46N5O7P/c1-24(37-30(40)18-17-29(38-33(43)46-34(2,3)4)32(42)39-19-11-16-28(39)21-35)47(44,45)23-27(20-25-12-7-5-8-13-25)31(41)36-22-26-14-9-6-10-15-26/h5-10,12-15,24,27-29H,11,16-20,22-23H2,1-4H3,(H,36,41)(H,37,40)(H,38,43)(H,44,45). The maximum Gasteiger partial charge on any atom is 0.408 e. The van der Waals surface area contributed by atoms with Crippen molar-refractivity contribution < 1.29 is 33.4 Å². The number of alkyl carbamates (subject to hydrolysis) is 1. The van der Waals surface area contributed by atoms with Crippen LogP contribution in [0.2, 0.25) is 0 Å². The number of hydrogen-bond acceptors (Lipinski definition) is 7. The van der Waals surface area contributed by atoms with Crippen molar-refractivity contribution in [2.75, 3.05) is 12.7 Å². The number of carbonyl (C=O) groups is 4. The number of nitriles is 1. The molecule has 2 aromatic carbocycles. The van der Waals surface area contributed by atoms with Crippen LogP contribution < -0.4 is 16.0 Å². The lowest BCUT2D eigenvalue weighted by molar-refractivity contribution is -0.133. The summed E-state index contributed by atoms with van der Waals surface area (Å²) in [4.78, 5) is 64.7. The van der Waals surface area contributed by atoms with E-state index in [1.54, 1.807) is 20.8 Å². The van der Waals surface area contributed by atoms with Gasteiger partial charge in [0.15, 0.2) is 0 Å². The van der Waals surface area contributed by atoms with E-state index in [-0.39, 0.29) is 37.9 Å². The lowest BCUT2D eigenvalue weighted by Crippen LogP contribution is -2.51. The molecule has 5 atom stereocenters. The molecule has 0 radical (unpaired) electrons. The summed E-state index contributed by atoms with van der Waals surface area (Å²) in [6.07, 6.45) is -0.204. The molecule has 4 amide bonds. The average Bonchev–Trinajstić information content (AvgIpc) is 3.50. The highest BCUT2D eigenvalue weighted by Gasteiger charge is 2.37. The van der Waals surface area contributed by atoms with Crippen LogP contribution in [0.3, 0.4) is 0 Å². The van der Waals surface area contributed by atoms with Crippen LogP contribution in [0.15, 0.2) is 60.7 Å². The van der Waals surface area contributed by atoms with E-state index in [0.29, 0.717) is 19.4 Å². The molecular formula is C34H46N5O7P. The summed E-state index contributed by atoms with van der Waals surface area (Å²) in [6.45, 7) is 7.04. The molecule has 13 heteroatoms. The minimum atomic E-state index is -4.12. The van der Waals surface area contributed by atoms with E-state index in [9.17, 15) is 33.9 Å². The number of nitrogens with one attached hydrogen (secondary N) is 3. The first kappa shape index (κ1) is 37.3. The van der Waals surface area contributed by atoms with Gasteiger partial charge in [-0.2, -0.15) is 5.26 Å². The highest BCUT2D eigenvalue weighted by atomic mass is 31.2. The molecule has 254 valence electrons. The third kappa shape index (κ3) is 12.2.